The van der Waals surface area contributed by atoms with E-state index in [1.807, 2.05) is 20.8 Å². The molecule has 2 saturated heterocycles. The van der Waals surface area contributed by atoms with Gasteiger partial charge in [-0.15, -0.1) is 0 Å². The number of epoxide rings is 1. The van der Waals surface area contributed by atoms with E-state index in [4.69, 9.17) is 9.47 Å². The maximum absolute atomic E-state index is 13.3. The van der Waals surface area contributed by atoms with Crippen LogP contribution in [-0.4, -0.2) is 67.1 Å². The van der Waals surface area contributed by atoms with Crippen molar-refractivity contribution in [3.63, 3.8) is 0 Å². The first-order valence-electron chi connectivity index (χ1n) is 13.7. The summed E-state index contributed by atoms with van der Waals surface area (Å²) in [4.78, 5) is 13.3. The summed E-state index contributed by atoms with van der Waals surface area (Å²) in [5, 5.41) is 46.3. The molecule has 5 aliphatic carbocycles. The molecule has 7 rings (SSSR count). The lowest BCUT2D eigenvalue weighted by Crippen LogP contribution is -2.68. The minimum Gasteiger partial charge on any atom is -0.390 e. The van der Waals surface area contributed by atoms with Crippen molar-refractivity contribution in [2.75, 3.05) is 0 Å². The van der Waals surface area contributed by atoms with Gasteiger partial charge < -0.3 is 29.9 Å². The fraction of sp³-hybridized carbons (Fsp3) is 0.828. The largest absolute Gasteiger partial charge is 0.390 e. The quantitative estimate of drug-likeness (QED) is 0.323. The van der Waals surface area contributed by atoms with Gasteiger partial charge in [0, 0.05) is 17.3 Å². The van der Waals surface area contributed by atoms with Crippen molar-refractivity contribution in [1.29, 1.82) is 0 Å². The summed E-state index contributed by atoms with van der Waals surface area (Å²) in [6, 6.07) is 0. The van der Waals surface area contributed by atoms with Crippen LogP contribution in [0.2, 0.25) is 0 Å². The van der Waals surface area contributed by atoms with E-state index in [0.717, 1.165) is 12.0 Å². The molecule has 0 amide bonds. The van der Waals surface area contributed by atoms with E-state index < -0.39 is 51.0 Å². The lowest BCUT2D eigenvalue weighted by Gasteiger charge is -2.63. The molecule has 198 valence electrons. The fourth-order valence-corrected chi connectivity index (χ4v) is 10.5. The van der Waals surface area contributed by atoms with Crippen molar-refractivity contribution in [2.45, 2.75) is 120 Å². The van der Waals surface area contributed by atoms with Crippen LogP contribution in [0.1, 0.15) is 79.6 Å². The molecule has 2 aliphatic heterocycles. The Kier molecular flexibility index (Phi) is 4.25. The predicted molar refractivity (Wildman–Crippen MR) is 129 cm³/mol. The molecule has 0 spiro atoms. The van der Waals surface area contributed by atoms with Gasteiger partial charge >= 0.3 is 0 Å². The molecule has 0 aromatic heterocycles. The number of allylic oxidation sites excluding steroid dienone is 1. The van der Waals surface area contributed by atoms with Crippen LogP contribution in [0, 0.1) is 28.1 Å². The molecule has 0 unspecified atom stereocenters. The molecule has 36 heavy (non-hydrogen) atoms. The summed E-state index contributed by atoms with van der Waals surface area (Å²) in [5.74, 6) is -0.146. The Balaban J connectivity index is 1.31. The van der Waals surface area contributed by atoms with Crippen molar-refractivity contribution in [1.82, 2.24) is 0 Å². The molecule has 2 bridgehead atoms. The van der Waals surface area contributed by atoms with E-state index in [-0.39, 0.29) is 30.1 Å². The molecule has 0 aromatic carbocycles. The predicted octanol–water partition coefficient (Wildman–Crippen LogP) is 2.55. The highest BCUT2D eigenvalue weighted by Gasteiger charge is 2.79. The van der Waals surface area contributed by atoms with Crippen LogP contribution in [0.25, 0.3) is 0 Å². The van der Waals surface area contributed by atoms with Crippen molar-refractivity contribution in [2.24, 2.45) is 28.1 Å². The number of aliphatic hydroxyl groups excluding tert-OH is 2. The second-order valence-corrected chi connectivity index (χ2v) is 14.2. The van der Waals surface area contributed by atoms with Gasteiger partial charge in [-0.1, -0.05) is 31.1 Å². The highest BCUT2D eigenvalue weighted by atomic mass is 16.7. The smallest absolute Gasteiger partial charge is 0.186 e. The van der Waals surface area contributed by atoms with E-state index in [2.05, 4.69) is 13.8 Å². The molecule has 0 aromatic rings. The topological polar surface area (TPSA) is 120 Å². The van der Waals surface area contributed by atoms with Gasteiger partial charge in [0.25, 0.3) is 0 Å². The summed E-state index contributed by atoms with van der Waals surface area (Å²) < 4.78 is 12.2. The molecule has 7 heteroatoms. The molecule has 12 atom stereocenters. The van der Waals surface area contributed by atoms with Crippen molar-refractivity contribution >= 4 is 5.78 Å². The molecular weight excluding hydrogens is 460 g/mol. The highest BCUT2D eigenvalue weighted by Crippen LogP contribution is 2.76. The number of ketones is 1. The van der Waals surface area contributed by atoms with Gasteiger partial charge in [-0.25, -0.2) is 0 Å². The highest BCUT2D eigenvalue weighted by molar-refractivity contribution is 5.97. The Morgan fingerprint density at radius 2 is 1.75 bits per heavy atom. The monoisotopic (exact) mass is 500 g/mol. The lowest BCUT2D eigenvalue weighted by atomic mass is 9.44. The van der Waals surface area contributed by atoms with E-state index in [0.29, 0.717) is 32.1 Å². The van der Waals surface area contributed by atoms with Crippen LogP contribution in [-0.2, 0) is 14.3 Å². The maximum Gasteiger partial charge on any atom is 0.186 e. The Bertz CT molecular complexity index is 1150. The standard InChI is InChI=1S/C29H40O7/c1-23-10-8-17-16(11-19(31)28(33)9-6-7-18(30)26(17,28)4)21(23)15-12-24(2,29(23,34)13-15)20-14-25(3)27(5,36-25)22(32)35-20/h6-7,15,17,19-20,22,31-34H,8-14H2,1-5H3/t15-,17+,19-,20-,22-,23+,24+,25+,26+,27-,28+,29+/m1/s1. The summed E-state index contributed by atoms with van der Waals surface area (Å²) >= 11 is 0. The average molecular weight is 501 g/mol. The second kappa shape index (κ2) is 6.37. The zero-order valence-electron chi connectivity index (χ0n) is 22.0. The molecule has 3 saturated carbocycles. The number of aliphatic hydroxyl groups is 4. The molecule has 4 N–H and O–H groups in total. The Labute approximate surface area is 212 Å². The summed E-state index contributed by atoms with van der Waals surface area (Å²) in [6.07, 6.45) is 4.84. The van der Waals surface area contributed by atoms with Gasteiger partial charge in [-0.3, -0.25) is 4.79 Å². The number of carbonyl (C=O) groups is 1. The third kappa shape index (κ3) is 2.22. The SMILES string of the molecule is C[C@]12CC[C@H]3C(=C1[C@H]1C[C@@]2(O)[C@](C)([C@H]2C[C@]4(C)O[C@]4(C)[C@H](O)O2)C1)C[C@@H](O)[C@@]1(O)CC=CC(=O)[C@]31C. The molecular formula is C29H40O7. The van der Waals surface area contributed by atoms with E-state index in [1.165, 1.54) is 5.57 Å². The van der Waals surface area contributed by atoms with Crippen LogP contribution in [0.4, 0.5) is 0 Å². The molecule has 7 aliphatic rings. The third-order valence-electron chi connectivity index (χ3n) is 13.0. The zero-order chi connectivity index (χ0) is 25.9. The molecule has 5 fully saturated rings. The average Bonchev–Trinajstić information content (AvgIpc) is 3.15. The van der Waals surface area contributed by atoms with Gasteiger partial charge in [0.2, 0.25) is 0 Å². The number of rotatable bonds is 1. The van der Waals surface area contributed by atoms with Gasteiger partial charge in [0.1, 0.15) is 16.8 Å². The number of ether oxygens (including phenoxy) is 2. The summed E-state index contributed by atoms with van der Waals surface area (Å²) in [6.45, 7) is 10.0. The molecule has 0 radical (unpaired) electrons. The first kappa shape index (κ1) is 24.0. The second-order valence-electron chi connectivity index (χ2n) is 14.2. The number of hydrogen-bond acceptors (Lipinski definition) is 7. The molecule has 7 nitrogen and oxygen atoms in total. The van der Waals surface area contributed by atoms with Gasteiger partial charge in [-0.2, -0.15) is 0 Å². The number of fused-ring (bicyclic) bond motifs is 9. The minimum absolute atomic E-state index is 0.112. The van der Waals surface area contributed by atoms with Gasteiger partial charge in [0.15, 0.2) is 12.1 Å². The minimum atomic E-state index is -1.47. The van der Waals surface area contributed by atoms with Crippen LogP contribution in [0.15, 0.2) is 23.3 Å². The first-order chi connectivity index (χ1) is 16.6. The lowest BCUT2D eigenvalue weighted by molar-refractivity contribution is -0.254. The fourth-order valence-electron chi connectivity index (χ4n) is 10.5. The van der Waals surface area contributed by atoms with Crippen LogP contribution >= 0.6 is 0 Å². The summed E-state index contributed by atoms with van der Waals surface area (Å²) in [7, 11) is 0. The normalized spacial score (nSPS) is 63.0. The van der Waals surface area contributed by atoms with Crippen molar-refractivity contribution < 1.29 is 34.7 Å². The van der Waals surface area contributed by atoms with Gasteiger partial charge in [-0.05, 0) is 77.2 Å². The van der Waals surface area contributed by atoms with Gasteiger partial charge in [0.05, 0.1) is 23.2 Å². The van der Waals surface area contributed by atoms with E-state index in [1.54, 1.807) is 12.2 Å². The third-order valence-corrected chi connectivity index (χ3v) is 13.0. The van der Waals surface area contributed by atoms with Crippen LogP contribution in [0.3, 0.4) is 0 Å². The molecule has 2 heterocycles. The Morgan fingerprint density at radius 3 is 2.44 bits per heavy atom. The summed E-state index contributed by atoms with van der Waals surface area (Å²) in [5.41, 5.74) is -3.53. The van der Waals surface area contributed by atoms with Crippen LogP contribution < -0.4 is 0 Å². The van der Waals surface area contributed by atoms with E-state index >= 15 is 0 Å². The zero-order valence-corrected chi connectivity index (χ0v) is 22.0. The first-order valence-corrected chi connectivity index (χ1v) is 13.7. The van der Waals surface area contributed by atoms with Crippen molar-refractivity contribution in [3.05, 3.63) is 23.3 Å². The Hall–Kier alpha value is -1.09. The number of hydrogen-bond donors (Lipinski definition) is 4. The van der Waals surface area contributed by atoms with Crippen molar-refractivity contribution in [3.8, 4) is 0 Å². The Morgan fingerprint density at radius 1 is 1.03 bits per heavy atom. The van der Waals surface area contributed by atoms with E-state index in [9.17, 15) is 25.2 Å². The number of carbonyl (C=O) groups excluding carboxylic acids is 1. The maximum atomic E-state index is 13.3. The van der Waals surface area contributed by atoms with Crippen LogP contribution in [0.5, 0.6) is 0 Å².